The van der Waals surface area contributed by atoms with E-state index in [0.717, 1.165) is 21.3 Å². The molecule has 0 saturated heterocycles. The maximum Gasteiger partial charge on any atom is 0.240 e. The molecule has 0 heterocycles. The maximum absolute atomic E-state index is 12.9. The highest BCUT2D eigenvalue weighted by Crippen LogP contribution is 2.15. The molecule has 0 aliphatic rings. The van der Waals surface area contributed by atoms with Crippen molar-refractivity contribution in [2.75, 3.05) is 5.32 Å². The van der Waals surface area contributed by atoms with E-state index in [4.69, 9.17) is 4.74 Å². The van der Waals surface area contributed by atoms with Crippen LogP contribution in [0.5, 0.6) is 5.75 Å². The normalized spacial score (nSPS) is 10.7. The van der Waals surface area contributed by atoms with E-state index < -0.39 is 0 Å². The van der Waals surface area contributed by atoms with Crippen LogP contribution in [0.15, 0.2) is 82.4 Å². The van der Waals surface area contributed by atoms with Gasteiger partial charge in [0.15, 0.2) is 0 Å². The van der Waals surface area contributed by atoms with Crippen molar-refractivity contribution in [3.63, 3.8) is 0 Å². The second-order valence-corrected chi connectivity index (χ2v) is 7.75. The van der Waals surface area contributed by atoms with Gasteiger partial charge in [0, 0.05) is 23.0 Å². The minimum atomic E-state index is -0.386. The van der Waals surface area contributed by atoms with Crippen molar-refractivity contribution in [2.45, 2.75) is 19.4 Å². The Balaban J connectivity index is 1.37. The molecule has 0 unspecified atom stereocenters. The van der Waals surface area contributed by atoms with Gasteiger partial charge in [-0.2, -0.15) is 5.10 Å². The molecule has 0 atom stereocenters. The number of halogens is 2. The monoisotopic (exact) mass is 497 g/mol. The van der Waals surface area contributed by atoms with Gasteiger partial charge in [-0.1, -0.05) is 28.1 Å². The van der Waals surface area contributed by atoms with Crippen molar-refractivity contribution >= 4 is 39.6 Å². The number of hydrogen-bond donors (Lipinski definition) is 2. The highest BCUT2D eigenvalue weighted by atomic mass is 79.9. The Kier molecular flexibility index (Phi) is 8.51. The Morgan fingerprint density at radius 1 is 0.906 bits per heavy atom. The summed E-state index contributed by atoms with van der Waals surface area (Å²) in [7, 11) is 0. The Labute approximate surface area is 193 Å². The fourth-order valence-corrected chi connectivity index (χ4v) is 2.88. The van der Waals surface area contributed by atoms with Gasteiger partial charge in [0.2, 0.25) is 11.8 Å². The number of benzene rings is 3. The van der Waals surface area contributed by atoms with E-state index in [1.54, 1.807) is 0 Å². The molecule has 2 N–H and O–H groups in total. The average molecular weight is 498 g/mol. The molecule has 3 aromatic carbocycles. The third-order valence-electron chi connectivity index (χ3n) is 4.31. The molecule has 0 radical (unpaired) electrons. The second-order valence-electron chi connectivity index (χ2n) is 6.83. The van der Waals surface area contributed by atoms with Crippen molar-refractivity contribution in [2.24, 2.45) is 5.10 Å². The zero-order chi connectivity index (χ0) is 22.8. The van der Waals surface area contributed by atoms with Gasteiger partial charge in [0.05, 0.1) is 6.21 Å². The van der Waals surface area contributed by atoms with Crippen LogP contribution in [0.3, 0.4) is 0 Å². The molecule has 8 heteroatoms. The number of ether oxygens (including phenoxy) is 1. The minimum absolute atomic E-state index is 0.0108. The van der Waals surface area contributed by atoms with E-state index >= 15 is 0 Å². The van der Waals surface area contributed by atoms with Crippen LogP contribution in [0.25, 0.3) is 0 Å². The standard InChI is InChI=1S/C24H21BrFN3O3/c25-19-5-1-18(2-6-19)16-32-22-11-3-17(4-12-22)15-27-29-24(31)14-13-23(30)28-21-9-7-20(26)8-10-21/h1-12,15H,13-14,16H2,(H,28,30)(H,29,31). The second kappa shape index (κ2) is 11.8. The molecule has 0 fully saturated rings. The summed E-state index contributed by atoms with van der Waals surface area (Å²) >= 11 is 3.40. The van der Waals surface area contributed by atoms with E-state index in [1.165, 1.54) is 30.5 Å². The van der Waals surface area contributed by atoms with Crippen molar-refractivity contribution in [3.05, 3.63) is 94.2 Å². The topological polar surface area (TPSA) is 79.8 Å². The molecule has 3 rings (SSSR count). The zero-order valence-electron chi connectivity index (χ0n) is 17.1. The summed E-state index contributed by atoms with van der Waals surface area (Å²) in [4.78, 5) is 23.7. The molecule has 2 amide bonds. The van der Waals surface area contributed by atoms with Crippen molar-refractivity contribution in [1.82, 2.24) is 5.43 Å². The number of anilines is 1. The summed E-state index contributed by atoms with van der Waals surface area (Å²) in [5.41, 5.74) is 4.71. The molecule has 0 aliphatic carbocycles. The summed E-state index contributed by atoms with van der Waals surface area (Å²) in [6.07, 6.45) is 1.48. The quantitative estimate of drug-likeness (QED) is 0.321. The van der Waals surface area contributed by atoms with Gasteiger partial charge < -0.3 is 10.1 Å². The highest BCUT2D eigenvalue weighted by molar-refractivity contribution is 9.10. The lowest BCUT2D eigenvalue weighted by Crippen LogP contribution is -2.20. The largest absolute Gasteiger partial charge is 0.489 e. The number of carbonyl (C=O) groups excluding carboxylic acids is 2. The first-order valence-electron chi connectivity index (χ1n) is 9.82. The van der Waals surface area contributed by atoms with Gasteiger partial charge in [-0.25, -0.2) is 9.82 Å². The summed E-state index contributed by atoms with van der Waals surface area (Å²) in [6.45, 7) is 0.464. The van der Waals surface area contributed by atoms with Crippen LogP contribution in [0.4, 0.5) is 10.1 Å². The molecule has 164 valence electrons. The van der Waals surface area contributed by atoms with E-state index in [2.05, 4.69) is 31.8 Å². The number of hydrazone groups is 1. The van der Waals surface area contributed by atoms with Crippen LogP contribution in [0.2, 0.25) is 0 Å². The minimum Gasteiger partial charge on any atom is -0.489 e. The van der Waals surface area contributed by atoms with Gasteiger partial charge in [-0.15, -0.1) is 0 Å². The van der Waals surface area contributed by atoms with Crippen LogP contribution in [-0.4, -0.2) is 18.0 Å². The molecule has 0 spiro atoms. The van der Waals surface area contributed by atoms with Crippen LogP contribution in [0.1, 0.15) is 24.0 Å². The predicted octanol–water partition coefficient (Wildman–Crippen LogP) is 5.04. The summed E-state index contributed by atoms with van der Waals surface area (Å²) in [5.74, 6) is -0.385. The van der Waals surface area contributed by atoms with Crippen molar-refractivity contribution in [3.8, 4) is 5.75 Å². The molecule has 6 nitrogen and oxygen atoms in total. The molecule has 0 aromatic heterocycles. The SMILES string of the molecule is O=C(CCC(=O)Nc1ccc(F)cc1)NN=Cc1ccc(OCc2ccc(Br)cc2)cc1. The van der Waals surface area contributed by atoms with Gasteiger partial charge >= 0.3 is 0 Å². The molecule has 0 saturated carbocycles. The van der Waals surface area contributed by atoms with Gasteiger partial charge in [0.1, 0.15) is 18.2 Å². The molecular formula is C24H21BrFN3O3. The van der Waals surface area contributed by atoms with E-state index in [1.807, 2.05) is 48.5 Å². The van der Waals surface area contributed by atoms with Crippen LogP contribution in [-0.2, 0) is 16.2 Å². The number of rotatable bonds is 9. The number of carbonyl (C=O) groups is 2. The molecular weight excluding hydrogens is 477 g/mol. The lowest BCUT2D eigenvalue weighted by molar-refractivity contribution is -0.124. The molecule has 0 bridgehead atoms. The highest BCUT2D eigenvalue weighted by Gasteiger charge is 2.07. The van der Waals surface area contributed by atoms with Crippen molar-refractivity contribution < 1.29 is 18.7 Å². The summed E-state index contributed by atoms with van der Waals surface area (Å²) in [6, 6.07) is 20.6. The number of nitrogens with zero attached hydrogens (tertiary/aromatic N) is 1. The fourth-order valence-electron chi connectivity index (χ4n) is 2.62. The van der Waals surface area contributed by atoms with Crippen LogP contribution < -0.4 is 15.5 Å². The molecule has 0 aliphatic heterocycles. The first-order chi connectivity index (χ1) is 15.5. The number of amides is 2. The van der Waals surface area contributed by atoms with E-state index in [9.17, 15) is 14.0 Å². The third-order valence-corrected chi connectivity index (χ3v) is 4.84. The first-order valence-corrected chi connectivity index (χ1v) is 10.6. The Morgan fingerprint density at radius 2 is 1.56 bits per heavy atom. The van der Waals surface area contributed by atoms with E-state index in [0.29, 0.717) is 12.3 Å². The number of nitrogens with one attached hydrogen (secondary N) is 2. The Bertz CT molecular complexity index is 1070. The average Bonchev–Trinajstić information content (AvgIpc) is 2.80. The van der Waals surface area contributed by atoms with Crippen molar-refractivity contribution in [1.29, 1.82) is 0 Å². The van der Waals surface area contributed by atoms with Crippen LogP contribution >= 0.6 is 15.9 Å². The fraction of sp³-hybridized carbons (Fsp3) is 0.125. The smallest absolute Gasteiger partial charge is 0.240 e. The Morgan fingerprint density at radius 3 is 2.25 bits per heavy atom. The van der Waals surface area contributed by atoms with E-state index in [-0.39, 0.29) is 30.5 Å². The lowest BCUT2D eigenvalue weighted by atomic mass is 10.2. The number of hydrogen-bond acceptors (Lipinski definition) is 4. The molecule has 3 aromatic rings. The summed E-state index contributed by atoms with van der Waals surface area (Å²) in [5, 5.41) is 6.50. The predicted molar refractivity (Wildman–Crippen MR) is 125 cm³/mol. The lowest BCUT2D eigenvalue weighted by Gasteiger charge is -2.06. The summed E-state index contributed by atoms with van der Waals surface area (Å²) < 4.78 is 19.6. The zero-order valence-corrected chi connectivity index (χ0v) is 18.6. The van der Waals surface area contributed by atoms with Gasteiger partial charge in [0.25, 0.3) is 0 Å². The first kappa shape index (κ1) is 23.1. The Hall–Kier alpha value is -3.52. The molecule has 32 heavy (non-hydrogen) atoms. The van der Waals surface area contributed by atoms with Gasteiger partial charge in [-0.05, 0) is 71.8 Å². The van der Waals surface area contributed by atoms with Crippen LogP contribution in [0, 0.1) is 5.82 Å². The maximum atomic E-state index is 12.9. The van der Waals surface area contributed by atoms with Gasteiger partial charge in [-0.3, -0.25) is 9.59 Å². The third kappa shape index (κ3) is 7.96.